The average molecular weight is 360 g/mol. The number of nitrogens with one attached hydrogen (secondary N) is 1. The summed E-state index contributed by atoms with van der Waals surface area (Å²) >= 11 is 3.60. The van der Waals surface area contributed by atoms with Gasteiger partial charge >= 0.3 is 0 Å². The van der Waals surface area contributed by atoms with Crippen molar-refractivity contribution in [1.29, 1.82) is 0 Å². The van der Waals surface area contributed by atoms with Crippen LogP contribution >= 0.6 is 23.5 Å². The van der Waals surface area contributed by atoms with Gasteiger partial charge in [-0.3, -0.25) is 4.79 Å². The number of rotatable bonds is 5. The number of anilines is 1. The first kappa shape index (κ1) is 16.1. The van der Waals surface area contributed by atoms with Gasteiger partial charge in [-0.15, -0.1) is 11.8 Å². The van der Waals surface area contributed by atoms with E-state index in [-0.39, 0.29) is 5.91 Å². The molecule has 1 fully saturated rings. The molecule has 0 saturated heterocycles. The normalized spacial score (nSPS) is 17.2. The van der Waals surface area contributed by atoms with Crippen LogP contribution < -0.4 is 5.32 Å². The molecule has 126 valence electrons. The van der Waals surface area contributed by atoms with Gasteiger partial charge in [0.25, 0.3) is 0 Å². The van der Waals surface area contributed by atoms with Gasteiger partial charge in [-0.1, -0.05) is 36.7 Å². The van der Waals surface area contributed by atoms with Crippen LogP contribution in [0.25, 0.3) is 11.3 Å². The van der Waals surface area contributed by atoms with Gasteiger partial charge in [0.05, 0.1) is 11.4 Å². The Kier molecular flexibility index (Phi) is 4.85. The average Bonchev–Trinajstić information content (AvgIpc) is 3.30. The topological polar surface area (TPSA) is 46.9 Å². The highest BCUT2D eigenvalue weighted by atomic mass is 32.2. The number of amides is 1. The van der Waals surface area contributed by atoms with Crippen molar-refractivity contribution >= 4 is 35.1 Å². The summed E-state index contributed by atoms with van der Waals surface area (Å²) in [6, 6.07) is 7.99. The molecule has 6 heteroatoms. The van der Waals surface area contributed by atoms with Crippen LogP contribution in [0.4, 0.5) is 5.69 Å². The third kappa shape index (κ3) is 3.64. The van der Waals surface area contributed by atoms with Crippen molar-refractivity contribution in [2.24, 2.45) is 0 Å². The maximum atomic E-state index is 12.1. The largest absolute Gasteiger partial charge is 0.325 e. The Morgan fingerprint density at radius 2 is 2.08 bits per heavy atom. The molecule has 2 aliphatic rings. The molecular formula is C18H21N3OS2. The first-order valence-corrected chi connectivity index (χ1v) is 10.5. The first-order chi connectivity index (χ1) is 11.8. The number of hydrogen-bond donors (Lipinski definition) is 1. The fourth-order valence-corrected chi connectivity index (χ4v) is 5.29. The number of aryl methyl sites for hydroxylation is 1. The van der Waals surface area contributed by atoms with E-state index in [0.717, 1.165) is 34.4 Å². The van der Waals surface area contributed by atoms with Gasteiger partial charge in [0, 0.05) is 35.0 Å². The molecule has 1 amide bonds. The van der Waals surface area contributed by atoms with Crippen molar-refractivity contribution in [3.63, 3.8) is 0 Å². The lowest BCUT2D eigenvalue weighted by molar-refractivity contribution is -0.113. The zero-order valence-electron chi connectivity index (χ0n) is 13.5. The molecule has 0 unspecified atom stereocenters. The second-order valence-corrected chi connectivity index (χ2v) is 8.64. The third-order valence-electron chi connectivity index (χ3n) is 4.52. The molecule has 1 aliphatic heterocycles. The van der Waals surface area contributed by atoms with E-state index >= 15 is 0 Å². The van der Waals surface area contributed by atoms with Gasteiger partial charge in [0.1, 0.15) is 0 Å². The van der Waals surface area contributed by atoms with Gasteiger partial charge in [-0.05, 0) is 25.0 Å². The number of nitrogens with zero attached hydrogens (tertiary/aromatic N) is 2. The molecule has 0 atom stereocenters. The molecule has 0 radical (unpaired) electrons. The van der Waals surface area contributed by atoms with Crippen LogP contribution in [-0.4, -0.2) is 32.2 Å². The highest BCUT2D eigenvalue weighted by molar-refractivity contribution is 8.00. The predicted octanol–water partition coefficient (Wildman–Crippen LogP) is 4.27. The molecule has 1 aromatic heterocycles. The standard InChI is InChI=1S/C18H21N3OS2/c22-17(12-24-15-3-1-2-4-15)19-14-7-5-13(6-8-14)16-11-21-9-10-23-18(21)20-16/h5-8,11,15H,1-4,9-10,12H2,(H,19,22). The van der Waals surface area contributed by atoms with Crippen LogP contribution in [0.1, 0.15) is 25.7 Å². The molecule has 4 rings (SSSR count). The molecule has 1 aromatic carbocycles. The van der Waals surface area contributed by atoms with Gasteiger partial charge in [-0.25, -0.2) is 4.98 Å². The van der Waals surface area contributed by atoms with E-state index in [9.17, 15) is 4.79 Å². The number of benzene rings is 1. The highest BCUT2D eigenvalue weighted by Crippen LogP contribution is 2.30. The highest BCUT2D eigenvalue weighted by Gasteiger charge is 2.17. The summed E-state index contributed by atoms with van der Waals surface area (Å²) in [7, 11) is 0. The number of carbonyl (C=O) groups excluding carboxylic acids is 1. The summed E-state index contributed by atoms with van der Waals surface area (Å²) in [6.07, 6.45) is 7.27. The van der Waals surface area contributed by atoms with Gasteiger partial charge < -0.3 is 9.88 Å². The predicted molar refractivity (Wildman–Crippen MR) is 102 cm³/mol. The number of fused-ring (bicyclic) bond motifs is 1. The minimum atomic E-state index is 0.0945. The van der Waals surface area contributed by atoms with Crippen LogP contribution in [0.3, 0.4) is 0 Å². The summed E-state index contributed by atoms with van der Waals surface area (Å²) in [6.45, 7) is 1.04. The van der Waals surface area contributed by atoms with E-state index in [1.165, 1.54) is 25.7 Å². The lowest BCUT2D eigenvalue weighted by Gasteiger charge is -2.09. The maximum absolute atomic E-state index is 12.1. The molecule has 1 saturated carbocycles. The number of aromatic nitrogens is 2. The molecule has 2 heterocycles. The van der Waals surface area contributed by atoms with Crippen molar-refractivity contribution in [3.8, 4) is 11.3 Å². The molecule has 0 bridgehead atoms. The van der Waals surface area contributed by atoms with Crippen LogP contribution in [0, 0.1) is 0 Å². The molecule has 1 aliphatic carbocycles. The van der Waals surface area contributed by atoms with Crippen molar-refractivity contribution in [1.82, 2.24) is 9.55 Å². The van der Waals surface area contributed by atoms with Crippen molar-refractivity contribution in [2.75, 3.05) is 16.8 Å². The fraction of sp³-hybridized carbons (Fsp3) is 0.444. The number of imidazole rings is 1. The summed E-state index contributed by atoms with van der Waals surface area (Å²) in [4.78, 5) is 16.7. The van der Waals surface area contributed by atoms with Crippen LogP contribution in [0.5, 0.6) is 0 Å². The Labute approximate surface area is 150 Å². The fourth-order valence-electron chi connectivity index (χ4n) is 3.22. The Bertz CT molecular complexity index is 699. The molecule has 24 heavy (non-hydrogen) atoms. The number of hydrogen-bond acceptors (Lipinski definition) is 4. The lowest BCUT2D eigenvalue weighted by Crippen LogP contribution is -2.15. The van der Waals surface area contributed by atoms with Gasteiger partial charge in [-0.2, -0.15) is 0 Å². The zero-order valence-corrected chi connectivity index (χ0v) is 15.2. The second kappa shape index (κ2) is 7.23. The minimum absolute atomic E-state index is 0.0945. The molecular weight excluding hydrogens is 338 g/mol. The summed E-state index contributed by atoms with van der Waals surface area (Å²) < 4.78 is 2.20. The smallest absolute Gasteiger partial charge is 0.234 e. The second-order valence-electron chi connectivity index (χ2n) is 6.29. The first-order valence-electron chi connectivity index (χ1n) is 8.50. The molecule has 4 nitrogen and oxygen atoms in total. The van der Waals surface area contributed by atoms with Crippen molar-refractivity contribution in [3.05, 3.63) is 30.5 Å². The Balaban J connectivity index is 1.34. The van der Waals surface area contributed by atoms with E-state index in [0.29, 0.717) is 11.0 Å². The minimum Gasteiger partial charge on any atom is -0.325 e. The van der Waals surface area contributed by atoms with Gasteiger partial charge in [0.2, 0.25) is 5.91 Å². The van der Waals surface area contributed by atoms with Crippen LogP contribution in [0.15, 0.2) is 35.6 Å². The third-order valence-corrected chi connectivity index (χ3v) is 6.86. The Hall–Kier alpha value is -1.40. The lowest BCUT2D eigenvalue weighted by atomic mass is 10.1. The quantitative estimate of drug-likeness (QED) is 0.866. The Morgan fingerprint density at radius 1 is 1.29 bits per heavy atom. The molecule has 2 aromatic rings. The van der Waals surface area contributed by atoms with Crippen LogP contribution in [-0.2, 0) is 11.3 Å². The van der Waals surface area contributed by atoms with E-state index in [1.54, 1.807) is 23.5 Å². The SMILES string of the molecule is O=C(CSC1CCCC1)Nc1ccc(-c2cn3c(n2)SCC3)cc1. The molecule has 0 spiro atoms. The van der Waals surface area contributed by atoms with E-state index in [4.69, 9.17) is 0 Å². The molecule has 1 N–H and O–H groups in total. The van der Waals surface area contributed by atoms with Crippen molar-refractivity contribution in [2.45, 2.75) is 42.6 Å². The number of thioether (sulfide) groups is 2. The Morgan fingerprint density at radius 3 is 2.83 bits per heavy atom. The summed E-state index contributed by atoms with van der Waals surface area (Å²) in [5.41, 5.74) is 2.96. The van der Waals surface area contributed by atoms with Crippen molar-refractivity contribution < 1.29 is 4.79 Å². The van der Waals surface area contributed by atoms with Crippen LogP contribution in [0.2, 0.25) is 0 Å². The summed E-state index contributed by atoms with van der Waals surface area (Å²) in [5.74, 6) is 1.76. The monoisotopic (exact) mass is 359 g/mol. The van der Waals surface area contributed by atoms with E-state index < -0.39 is 0 Å². The number of carbonyl (C=O) groups is 1. The summed E-state index contributed by atoms with van der Waals surface area (Å²) in [5, 5.41) is 4.78. The van der Waals surface area contributed by atoms with Gasteiger partial charge in [0.15, 0.2) is 5.16 Å². The van der Waals surface area contributed by atoms with E-state index in [1.807, 2.05) is 24.3 Å². The van der Waals surface area contributed by atoms with E-state index in [2.05, 4.69) is 21.1 Å². The zero-order chi connectivity index (χ0) is 16.4. The maximum Gasteiger partial charge on any atom is 0.234 e.